The average molecular weight is 339 g/mol. The van der Waals surface area contributed by atoms with Crippen molar-refractivity contribution in [1.82, 2.24) is 14.9 Å². The number of rotatable bonds is 7. The highest BCUT2D eigenvalue weighted by molar-refractivity contribution is 7.03. The van der Waals surface area contributed by atoms with Crippen molar-refractivity contribution in [3.8, 4) is 0 Å². The molecule has 0 saturated carbocycles. The van der Waals surface area contributed by atoms with Crippen molar-refractivity contribution < 1.29 is 9.53 Å². The number of aromatic nitrogens is 2. The molecular weight excluding hydrogens is 322 g/mol. The van der Waals surface area contributed by atoms with Crippen molar-refractivity contribution in [3.05, 3.63) is 82.9 Å². The van der Waals surface area contributed by atoms with Gasteiger partial charge in [0.2, 0.25) is 0 Å². The van der Waals surface area contributed by atoms with Crippen LogP contribution in [0, 0.1) is 0 Å². The van der Waals surface area contributed by atoms with E-state index in [1.54, 1.807) is 5.38 Å². The number of carbonyl (C=O) groups is 1. The lowest BCUT2D eigenvalue weighted by atomic mass is 10.1. The SMILES string of the molecule is O=C(N[C@@H](COCc1ccccc1)c1ccccc1)c1csnn1. The Morgan fingerprint density at radius 1 is 1.08 bits per heavy atom. The number of nitrogens with one attached hydrogen (secondary N) is 1. The first-order valence-electron chi connectivity index (χ1n) is 7.57. The summed E-state index contributed by atoms with van der Waals surface area (Å²) < 4.78 is 9.53. The third-order valence-corrected chi connectivity index (χ3v) is 4.00. The van der Waals surface area contributed by atoms with Crippen molar-refractivity contribution in [2.24, 2.45) is 0 Å². The molecule has 2 aromatic carbocycles. The fourth-order valence-electron chi connectivity index (χ4n) is 2.27. The lowest BCUT2D eigenvalue weighted by Gasteiger charge is -2.19. The van der Waals surface area contributed by atoms with Crippen LogP contribution in [0.15, 0.2) is 66.0 Å². The van der Waals surface area contributed by atoms with Crippen LogP contribution in [0.4, 0.5) is 0 Å². The Bertz CT molecular complexity index is 748. The van der Waals surface area contributed by atoms with Crippen molar-refractivity contribution in [2.75, 3.05) is 6.61 Å². The summed E-state index contributed by atoms with van der Waals surface area (Å²) in [5, 5.41) is 8.40. The molecule has 0 fully saturated rings. The van der Waals surface area contributed by atoms with Crippen LogP contribution in [0.1, 0.15) is 27.7 Å². The van der Waals surface area contributed by atoms with Crippen molar-refractivity contribution in [2.45, 2.75) is 12.6 Å². The van der Waals surface area contributed by atoms with E-state index in [-0.39, 0.29) is 11.9 Å². The molecule has 0 spiro atoms. The molecule has 0 aliphatic carbocycles. The predicted octanol–water partition coefficient (Wildman–Crippen LogP) is 3.23. The molecule has 5 nitrogen and oxygen atoms in total. The van der Waals surface area contributed by atoms with Gasteiger partial charge in [-0.2, -0.15) is 0 Å². The van der Waals surface area contributed by atoms with E-state index >= 15 is 0 Å². The topological polar surface area (TPSA) is 64.1 Å². The molecule has 0 aliphatic rings. The number of ether oxygens (including phenoxy) is 1. The van der Waals surface area contributed by atoms with Gasteiger partial charge in [0.15, 0.2) is 5.69 Å². The number of benzene rings is 2. The standard InChI is InChI=1S/C18H17N3O2S/c22-18(17-13-24-21-20-17)19-16(15-9-5-2-6-10-15)12-23-11-14-7-3-1-4-8-14/h1-10,13,16H,11-12H2,(H,19,22)/t16-/m0/s1. The molecule has 1 amide bonds. The molecule has 3 aromatic rings. The van der Waals surface area contributed by atoms with Gasteiger partial charge in [-0.15, -0.1) is 5.10 Å². The van der Waals surface area contributed by atoms with Crippen LogP contribution in [-0.4, -0.2) is 22.1 Å². The maximum atomic E-state index is 12.3. The van der Waals surface area contributed by atoms with Crippen LogP contribution < -0.4 is 5.32 Å². The summed E-state index contributed by atoms with van der Waals surface area (Å²) in [6.45, 7) is 0.876. The van der Waals surface area contributed by atoms with Crippen LogP contribution in [-0.2, 0) is 11.3 Å². The van der Waals surface area contributed by atoms with E-state index < -0.39 is 0 Å². The first kappa shape index (κ1) is 16.3. The summed E-state index contributed by atoms with van der Waals surface area (Å²) in [4.78, 5) is 12.3. The summed E-state index contributed by atoms with van der Waals surface area (Å²) in [6, 6.07) is 19.5. The van der Waals surface area contributed by atoms with E-state index in [0.29, 0.717) is 18.9 Å². The summed E-state index contributed by atoms with van der Waals surface area (Å²) in [7, 11) is 0. The molecule has 1 heterocycles. The Hall–Kier alpha value is -2.57. The third kappa shape index (κ3) is 4.47. The van der Waals surface area contributed by atoms with E-state index in [0.717, 1.165) is 22.7 Å². The Kier molecular flexibility index (Phi) is 5.65. The minimum Gasteiger partial charge on any atom is -0.374 e. The lowest BCUT2D eigenvalue weighted by molar-refractivity contribution is 0.0793. The van der Waals surface area contributed by atoms with Crippen LogP contribution in [0.3, 0.4) is 0 Å². The third-order valence-electron chi connectivity index (χ3n) is 3.50. The Morgan fingerprint density at radius 3 is 2.46 bits per heavy atom. The number of amides is 1. The van der Waals surface area contributed by atoms with Crippen LogP contribution >= 0.6 is 11.5 Å². The fourth-order valence-corrected chi connectivity index (χ4v) is 2.71. The Labute approximate surface area is 144 Å². The van der Waals surface area contributed by atoms with E-state index in [1.165, 1.54) is 0 Å². The molecule has 6 heteroatoms. The van der Waals surface area contributed by atoms with E-state index in [9.17, 15) is 4.79 Å². The molecule has 0 bridgehead atoms. The predicted molar refractivity (Wildman–Crippen MR) is 92.7 cm³/mol. The summed E-state index contributed by atoms with van der Waals surface area (Å²) in [6.07, 6.45) is 0. The van der Waals surface area contributed by atoms with Crippen molar-refractivity contribution in [3.63, 3.8) is 0 Å². The van der Waals surface area contributed by atoms with Gasteiger partial charge in [0.25, 0.3) is 5.91 Å². The molecule has 122 valence electrons. The maximum absolute atomic E-state index is 12.3. The lowest BCUT2D eigenvalue weighted by Crippen LogP contribution is -2.31. The number of nitrogens with zero attached hydrogens (tertiary/aromatic N) is 2. The molecule has 24 heavy (non-hydrogen) atoms. The Morgan fingerprint density at radius 2 is 1.79 bits per heavy atom. The fraction of sp³-hybridized carbons (Fsp3) is 0.167. The highest BCUT2D eigenvalue weighted by Crippen LogP contribution is 2.15. The monoisotopic (exact) mass is 339 g/mol. The van der Waals surface area contributed by atoms with Gasteiger partial charge >= 0.3 is 0 Å². The normalized spacial score (nSPS) is 11.8. The Balaban J connectivity index is 1.65. The molecule has 0 unspecified atom stereocenters. The maximum Gasteiger partial charge on any atom is 0.273 e. The number of carbonyl (C=O) groups excluding carboxylic acids is 1. The minimum atomic E-state index is -0.249. The van der Waals surface area contributed by atoms with E-state index in [4.69, 9.17) is 4.74 Å². The summed E-state index contributed by atoms with van der Waals surface area (Å²) in [5.41, 5.74) is 2.41. The minimum absolute atomic E-state index is 0.246. The summed E-state index contributed by atoms with van der Waals surface area (Å²) >= 11 is 1.15. The zero-order valence-corrected chi connectivity index (χ0v) is 13.8. The van der Waals surface area contributed by atoms with Gasteiger partial charge in [-0.1, -0.05) is 65.2 Å². The van der Waals surface area contributed by atoms with Gasteiger partial charge < -0.3 is 10.1 Å². The molecule has 1 aromatic heterocycles. The smallest absolute Gasteiger partial charge is 0.273 e. The highest BCUT2D eigenvalue weighted by Gasteiger charge is 2.17. The zero-order chi connectivity index (χ0) is 16.6. The second-order valence-corrected chi connectivity index (χ2v) is 5.84. The first-order chi connectivity index (χ1) is 11.8. The second kappa shape index (κ2) is 8.33. The molecule has 0 saturated heterocycles. The molecule has 0 aliphatic heterocycles. The van der Waals surface area contributed by atoms with Crippen LogP contribution in [0.5, 0.6) is 0 Å². The van der Waals surface area contributed by atoms with E-state index in [1.807, 2.05) is 60.7 Å². The summed E-state index contributed by atoms with van der Waals surface area (Å²) in [5.74, 6) is -0.249. The molecule has 3 rings (SSSR count). The van der Waals surface area contributed by atoms with E-state index in [2.05, 4.69) is 14.9 Å². The second-order valence-electron chi connectivity index (χ2n) is 5.23. The van der Waals surface area contributed by atoms with Crippen LogP contribution in [0.2, 0.25) is 0 Å². The van der Waals surface area contributed by atoms with Gasteiger partial charge in [-0.05, 0) is 22.7 Å². The van der Waals surface area contributed by atoms with Gasteiger partial charge in [0.1, 0.15) is 0 Å². The van der Waals surface area contributed by atoms with Gasteiger partial charge in [0.05, 0.1) is 19.3 Å². The van der Waals surface area contributed by atoms with Crippen LogP contribution in [0.25, 0.3) is 0 Å². The number of hydrogen-bond acceptors (Lipinski definition) is 5. The number of hydrogen-bond donors (Lipinski definition) is 1. The zero-order valence-electron chi connectivity index (χ0n) is 13.0. The van der Waals surface area contributed by atoms with Gasteiger partial charge in [0, 0.05) is 5.38 Å². The largest absolute Gasteiger partial charge is 0.374 e. The molecule has 1 N–H and O–H groups in total. The van der Waals surface area contributed by atoms with Gasteiger partial charge in [-0.25, -0.2) is 0 Å². The molecule has 0 radical (unpaired) electrons. The van der Waals surface area contributed by atoms with Crippen molar-refractivity contribution >= 4 is 17.4 Å². The molecular formula is C18H17N3O2S. The first-order valence-corrected chi connectivity index (χ1v) is 8.41. The highest BCUT2D eigenvalue weighted by atomic mass is 32.1. The molecule has 1 atom stereocenters. The van der Waals surface area contributed by atoms with Gasteiger partial charge in [-0.3, -0.25) is 4.79 Å². The average Bonchev–Trinajstić information content (AvgIpc) is 3.17. The van der Waals surface area contributed by atoms with Crippen molar-refractivity contribution in [1.29, 1.82) is 0 Å². The quantitative estimate of drug-likeness (QED) is 0.718.